The van der Waals surface area contributed by atoms with Gasteiger partial charge in [0, 0.05) is 22.4 Å². The van der Waals surface area contributed by atoms with E-state index in [0.29, 0.717) is 0 Å². The number of rotatable bonds is 5. The summed E-state index contributed by atoms with van der Waals surface area (Å²) in [6.45, 7) is 0. The molecule has 5 aliphatic rings. The first kappa shape index (κ1) is 26.3. The number of hydrogen-bond donors (Lipinski definition) is 0. The molecule has 5 unspecified atom stereocenters. The van der Waals surface area contributed by atoms with E-state index in [9.17, 15) is 0 Å². The lowest BCUT2D eigenvalue weighted by molar-refractivity contribution is 0.191. The lowest BCUT2D eigenvalue weighted by atomic mass is 9.59. The van der Waals surface area contributed by atoms with E-state index in [2.05, 4.69) is 157 Å². The predicted octanol–water partition coefficient (Wildman–Crippen LogP) is 11.8. The van der Waals surface area contributed by atoms with Crippen LogP contribution in [0.25, 0.3) is 33.4 Å². The van der Waals surface area contributed by atoms with E-state index in [1.165, 1.54) is 76.1 Å². The van der Waals surface area contributed by atoms with Crippen molar-refractivity contribution in [1.82, 2.24) is 0 Å². The number of hydrogen-bond acceptors (Lipinski definition) is 1. The fourth-order valence-corrected chi connectivity index (χ4v) is 10.5. The summed E-state index contributed by atoms with van der Waals surface area (Å²) in [5.74, 6) is 3.40. The summed E-state index contributed by atoms with van der Waals surface area (Å²) in [4.78, 5) is 2.50. The molecule has 5 aliphatic carbocycles. The molecule has 0 amide bonds. The van der Waals surface area contributed by atoms with Crippen LogP contribution in [-0.2, 0) is 5.41 Å². The van der Waals surface area contributed by atoms with E-state index in [1.807, 2.05) is 0 Å². The Hall–Kier alpha value is -4.88. The first-order valence-electron chi connectivity index (χ1n) is 17.1. The summed E-state index contributed by atoms with van der Waals surface area (Å²) in [5.41, 5.74) is 15.0. The van der Waals surface area contributed by atoms with Crippen molar-refractivity contribution in [3.63, 3.8) is 0 Å². The third kappa shape index (κ3) is 3.69. The van der Waals surface area contributed by atoms with Gasteiger partial charge in [-0.05, 0) is 119 Å². The summed E-state index contributed by atoms with van der Waals surface area (Å²) >= 11 is 0. The van der Waals surface area contributed by atoms with Gasteiger partial charge in [-0.15, -0.1) is 0 Å². The zero-order chi connectivity index (χ0) is 30.2. The smallest absolute Gasteiger partial charge is 0.0543 e. The van der Waals surface area contributed by atoms with Gasteiger partial charge < -0.3 is 4.90 Å². The number of para-hydroxylation sites is 1. The molecule has 46 heavy (non-hydrogen) atoms. The van der Waals surface area contributed by atoms with E-state index < -0.39 is 0 Å². The first-order chi connectivity index (χ1) is 22.8. The van der Waals surface area contributed by atoms with Crippen molar-refractivity contribution in [2.45, 2.75) is 31.1 Å². The van der Waals surface area contributed by atoms with E-state index in [1.54, 1.807) is 11.1 Å². The molecule has 0 aliphatic heterocycles. The van der Waals surface area contributed by atoms with Crippen LogP contribution in [0.3, 0.4) is 0 Å². The summed E-state index contributed by atoms with van der Waals surface area (Å²) < 4.78 is 0. The third-order valence-corrected chi connectivity index (χ3v) is 12.1. The second kappa shape index (κ2) is 10.1. The van der Waals surface area contributed by atoms with Crippen LogP contribution in [-0.4, -0.2) is 0 Å². The lowest BCUT2D eigenvalue weighted by Gasteiger charge is -2.44. The molecule has 5 atom stereocenters. The fraction of sp³-hybridized carbons (Fsp3) is 0.200. The van der Waals surface area contributed by atoms with E-state index in [-0.39, 0.29) is 5.41 Å². The molecule has 222 valence electrons. The van der Waals surface area contributed by atoms with Gasteiger partial charge in [0.2, 0.25) is 0 Å². The Morgan fingerprint density at radius 2 is 1.04 bits per heavy atom. The van der Waals surface area contributed by atoms with Crippen LogP contribution < -0.4 is 4.90 Å². The molecule has 0 radical (unpaired) electrons. The van der Waals surface area contributed by atoms with Crippen molar-refractivity contribution in [2.24, 2.45) is 23.7 Å². The molecule has 0 N–H and O–H groups in total. The van der Waals surface area contributed by atoms with Crippen molar-refractivity contribution in [1.29, 1.82) is 0 Å². The highest BCUT2D eigenvalue weighted by Gasteiger charge is 2.66. The van der Waals surface area contributed by atoms with Crippen LogP contribution in [0, 0.1) is 23.7 Å². The molecule has 0 saturated heterocycles. The molecule has 6 aromatic rings. The second-order valence-electron chi connectivity index (χ2n) is 14.1. The number of nitrogens with zero attached hydrogens (tertiary/aromatic N) is 1. The van der Waals surface area contributed by atoms with Crippen molar-refractivity contribution in [3.05, 3.63) is 163 Å². The molecule has 4 bridgehead atoms. The van der Waals surface area contributed by atoms with Crippen LogP contribution in [0.4, 0.5) is 17.1 Å². The molecule has 4 saturated carbocycles. The van der Waals surface area contributed by atoms with Gasteiger partial charge in [-0.2, -0.15) is 0 Å². The Balaban J connectivity index is 1.09. The SMILES string of the molecule is c1ccc(-c2ccc(-c3ccc(N(c4ccccc4)c4cccc5c4-c4ccccc4C54C5CC6CC(C5)C4C6)cc3)cc2)cc1. The fourth-order valence-electron chi connectivity index (χ4n) is 10.5. The Bertz CT molecular complexity index is 2060. The highest BCUT2D eigenvalue weighted by Crippen LogP contribution is 2.73. The van der Waals surface area contributed by atoms with E-state index in [4.69, 9.17) is 0 Å². The van der Waals surface area contributed by atoms with Gasteiger partial charge in [-0.1, -0.05) is 121 Å². The number of fused-ring (bicyclic) bond motifs is 3. The Morgan fingerprint density at radius 1 is 0.457 bits per heavy atom. The minimum atomic E-state index is 0.178. The molecule has 1 heteroatoms. The minimum Gasteiger partial charge on any atom is -0.310 e. The summed E-state index contributed by atoms with van der Waals surface area (Å²) in [6.07, 6.45) is 5.68. The molecule has 4 fully saturated rings. The molecule has 0 heterocycles. The quantitative estimate of drug-likeness (QED) is 0.193. The standard InChI is InChI=1S/C45H37N/c1-3-10-31(11-4-1)32-18-20-33(21-19-32)34-22-24-38(25-23-34)46(37-12-5-2-6-13-37)43-17-9-16-41-44(43)39-14-7-8-15-40(39)45(41)36-27-30-26-35(29-36)42(45)28-30/h1-25,30,35-36,42H,26-29H2. The molecular weight excluding hydrogens is 555 g/mol. The minimum absolute atomic E-state index is 0.178. The van der Waals surface area contributed by atoms with Crippen molar-refractivity contribution in [3.8, 4) is 33.4 Å². The van der Waals surface area contributed by atoms with Crippen LogP contribution in [0.2, 0.25) is 0 Å². The predicted molar refractivity (Wildman–Crippen MR) is 191 cm³/mol. The largest absolute Gasteiger partial charge is 0.310 e. The third-order valence-electron chi connectivity index (χ3n) is 12.1. The maximum atomic E-state index is 2.50. The first-order valence-corrected chi connectivity index (χ1v) is 17.1. The summed E-state index contributed by atoms with van der Waals surface area (Å²) in [6, 6.07) is 56.4. The maximum Gasteiger partial charge on any atom is 0.0543 e. The molecule has 1 spiro atoms. The maximum absolute atomic E-state index is 2.50. The Kier molecular flexibility index (Phi) is 5.76. The highest BCUT2D eigenvalue weighted by atomic mass is 15.1. The Morgan fingerprint density at radius 3 is 1.76 bits per heavy atom. The van der Waals surface area contributed by atoms with Crippen molar-refractivity contribution in [2.75, 3.05) is 4.90 Å². The molecule has 1 nitrogen and oxygen atoms in total. The highest BCUT2D eigenvalue weighted by molar-refractivity contribution is 5.95. The normalized spacial score (nSPS) is 24.7. The van der Waals surface area contributed by atoms with Gasteiger partial charge in [0.15, 0.2) is 0 Å². The zero-order valence-electron chi connectivity index (χ0n) is 26.0. The van der Waals surface area contributed by atoms with Crippen LogP contribution >= 0.6 is 0 Å². The van der Waals surface area contributed by atoms with Crippen molar-refractivity contribution >= 4 is 17.1 Å². The summed E-state index contributed by atoms with van der Waals surface area (Å²) in [5, 5.41) is 0. The second-order valence-corrected chi connectivity index (χ2v) is 14.1. The van der Waals surface area contributed by atoms with Gasteiger partial charge >= 0.3 is 0 Å². The van der Waals surface area contributed by atoms with Crippen LogP contribution in [0.5, 0.6) is 0 Å². The van der Waals surface area contributed by atoms with Crippen LogP contribution in [0.15, 0.2) is 152 Å². The Labute approximate surface area is 272 Å². The topological polar surface area (TPSA) is 3.24 Å². The van der Waals surface area contributed by atoms with Gasteiger partial charge in [-0.25, -0.2) is 0 Å². The molecule has 6 aromatic carbocycles. The van der Waals surface area contributed by atoms with E-state index in [0.717, 1.165) is 23.7 Å². The van der Waals surface area contributed by atoms with Crippen LogP contribution in [0.1, 0.15) is 36.8 Å². The lowest BCUT2D eigenvalue weighted by Crippen LogP contribution is -2.40. The molecule has 11 rings (SSSR count). The van der Waals surface area contributed by atoms with Gasteiger partial charge in [0.05, 0.1) is 5.69 Å². The molecular formula is C45H37N. The number of benzene rings is 6. The van der Waals surface area contributed by atoms with Gasteiger partial charge in [0.25, 0.3) is 0 Å². The average Bonchev–Trinajstić information content (AvgIpc) is 3.67. The van der Waals surface area contributed by atoms with E-state index >= 15 is 0 Å². The summed E-state index contributed by atoms with van der Waals surface area (Å²) in [7, 11) is 0. The van der Waals surface area contributed by atoms with Gasteiger partial charge in [-0.3, -0.25) is 0 Å². The monoisotopic (exact) mass is 591 g/mol. The molecule has 0 aromatic heterocycles. The number of anilines is 3. The zero-order valence-corrected chi connectivity index (χ0v) is 26.0. The van der Waals surface area contributed by atoms with Crippen molar-refractivity contribution < 1.29 is 0 Å². The van der Waals surface area contributed by atoms with Gasteiger partial charge in [0.1, 0.15) is 0 Å². The average molecular weight is 592 g/mol.